The van der Waals surface area contributed by atoms with Crippen LogP contribution in [-0.4, -0.2) is 12.3 Å². The molecule has 0 bridgehead atoms. The predicted molar refractivity (Wildman–Crippen MR) is 51.1 cm³/mol. The van der Waals surface area contributed by atoms with E-state index in [1.165, 1.54) is 0 Å². The molecule has 0 aliphatic heterocycles. The second-order valence-corrected chi connectivity index (χ2v) is 2.97. The second kappa shape index (κ2) is 4.72. The Morgan fingerprint density at radius 2 is 1.92 bits per heavy atom. The van der Waals surface area contributed by atoms with E-state index in [2.05, 4.69) is 5.18 Å². The number of halogens is 1. The van der Waals surface area contributed by atoms with Crippen molar-refractivity contribution in [3.63, 3.8) is 0 Å². The highest BCUT2D eigenvalue weighted by Gasteiger charge is 2.04. The maximum atomic E-state index is 11.3. The van der Waals surface area contributed by atoms with Gasteiger partial charge in [-0.25, -0.2) is 0 Å². The fourth-order valence-corrected chi connectivity index (χ4v) is 1.05. The lowest BCUT2D eigenvalue weighted by Crippen LogP contribution is -2.00. The van der Waals surface area contributed by atoms with Crippen LogP contribution in [0.25, 0.3) is 0 Å². The van der Waals surface area contributed by atoms with E-state index >= 15 is 0 Å². The summed E-state index contributed by atoms with van der Waals surface area (Å²) in [5, 5.41) is 3.21. The lowest BCUT2D eigenvalue weighted by Gasteiger charge is -1.97. The Bertz CT molecular complexity index is 308. The molecule has 0 heterocycles. The van der Waals surface area contributed by atoms with Gasteiger partial charge in [0.1, 0.15) is 0 Å². The Balaban J connectivity index is 2.66. The van der Waals surface area contributed by atoms with Crippen LogP contribution in [0.15, 0.2) is 29.4 Å². The molecule has 3 nitrogen and oxygen atoms in total. The van der Waals surface area contributed by atoms with Gasteiger partial charge in [0.2, 0.25) is 0 Å². The third-order valence-electron chi connectivity index (χ3n) is 1.60. The molecule has 0 atom stereocenters. The molecule has 0 unspecified atom stereocenters. The topological polar surface area (TPSA) is 46.5 Å². The Hall–Kier alpha value is -1.22. The van der Waals surface area contributed by atoms with Crippen molar-refractivity contribution in [2.75, 3.05) is 6.54 Å². The van der Waals surface area contributed by atoms with Crippen LogP contribution in [0.1, 0.15) is 16.8 Å². The Kier molecular flexibility index (Phi) is 3.58. The second-order valence-electron chi connectivity index (χ2n) is 2.53. The Morgan fingerprint density at radius 3 is 2.46 bits per heavy atom. The zero-order valence-electron chi connectivity index (χ0n) is 6.87. The average Bonchev–Trinajstić information content (AvgIpc) is 2.15. The van der Waals surface area contributed by atoms with Crippen LogP contribution in [0.2, 0.25) is 5.02 Å². The molecule has 1 aromatic rings. The first kappa shape index (κ1) is 9.86. The highest BCUT2D eigenvalue weighted by molar-refractivity contribution is 6.30. The Morgan fingerprint density at radius 1 is 1.31 bits per heavy atom. The minimum atomic E-state index is -0.0868. The van der Waals surface area contributed by atoms with E-state index in [0.717, 1.165) is 0 Å². The molecular weight excluding hydrogens is 190 g/mol. The summed E-state index contributed by atoms with van der Waals surface area (Å²) in [4.78, 5) is 21.0. The van der Waals surface area contributed by atoms with Gasteiger partial charge < -0.3 is 0 Å². The minimum absolute atomic E-state index is 0.0292. The van der Waals surface area contributed by atoms with Gasteiger partial charge in [-0.15, -0.1) is 0 Å². The van der Waals surface area contributed by atoms with Crippen molar-refractivity contribution >= 4 is 17.4 Å². The fraction of sp³-hybridized carbons (Fsp3) is 0.222. The fourth-order valence-electron chi connectivity index (χ4n) is 0.927. The molecule has 0 aliphatic rings. The standard InChI is InChI=1S/C9H8ClNO2/c10-8-3-1-7(2-4-8)9(12)5-6-11-13/h1-4H,5-6H2. The van der Waals surface area contributed by atoms with E-state index in [0.29, 0.717) is 10.6 Å². The van der Waals surface area contributed by atoms with Gasteiger partial charge in [-0.3, -0.25) is 4.79 Å². The number of hydrogen-bond acceptors (Lipinski definition) is 3. The number of carbonyl (C=O) groups excluding carboxylic acids is 1. The predicted octanol–water partition coefficient (Wildman–Crippen LogP) is 2.68. The van der Waals surface area contributed by atoms with E-state index in [9.17, 15) is 9.70 Å². The number of carbonyl (C=O) groups is 1. The molecule has 0 radical (unpaired) electrons. The van der Waals surface area contributed by atoms with Crippen molar-refractivity contribution in [3.05, 3.63) is 39.8 Å². The molecular formula is C9H8ClNO2. The lowest BCUT2D eigenvalue weighted by atomic mass is 10.1. The number of benzene rings is 1. The molecule has 0 fully saturated rings. The van der Waals surface area contributed by atoms with Crippen molar-refractivity contribution in [3.8, 4) is 0 Å². The highest BCUT2D eigenvalue weighted by atomic mass is 35.5. The molecule has 1 aromatic carbocycles. The van der Waals surface area contributed by atoms with Gasteiger partial charge in [-0.2, -0.15) is 4.91 Å². The molecule has 0 aromatic heterocycles. The number of rotatable bonds is 4. The zero-order chi connectivity index (χ0) is 9.68. The highest BCUT2D eigenvalue weighted by Crippen LogP contribution is 2.10. The van der Waals surface area contributed by atoms with Crippen molar-refractivity contribution in [1.82, 2.24) is 0 Å². The first-order valence-corrected chi connectivity index (χ1v) is 4.19. The molecule has 0 saturated carbocycles. The van der Waals surface area contributed by atoms with Crippen molar-refractivity contribution in [2.24, 2.45) is 5.18 Å². The number of Topliss-reactive ketones (excluding diaryl/α,β-unsaturated/α-hetero) is 1. The van der Waals surface area contributed by atoms with Crippen LogP contribution in [-0.2, 0) is 0 Å². The summed E-state index contributed by atoms with van der Waals surface area (Å²) in [5.41, 5.74) is 0.563. The average molecular weight is 198 g/mol. The van der Waals surface area contributed by atoms with Crippen LogP contribution in [0, 0.1) is 4.91 Å². The van der Waals surface area contributed by atoms with Gasteiger partial charge in [0.15, 0.2) is 5.78 Å². The first-order chi connectivity index (χ1) is 6.24. The van der Waals surface area contributed by atoms with E-state index < -0.39 is 0 Å². The number of nitroso groups, excluding NO2 is 1. The molecule has 0 amide bonds. The summed E-state index contributed by atoms with van der Waals surface area (Å²) in [6.07, 6.45) is 0.158. The molecule has 4 heteroatoms. The lowest BCUT2D eigenvalue weighted by molar-refractivity contribution is 0.0985. The largest absolute Gasteiger partial charge is 0.294 e. The van der Waals surface area contributed by atoms with Crippen LogP contribution in [0.5, 0.6) is 0 Å². The third kappa shape index (κ3) is 2.95. The first-order valence-electron chi connectivity index (χ1n) is 3.82. The molecule has 68 valence electrons. The van der Waals surface area contributed by atoms with E-state index in [1.54, 1.807) is 24.3 Å². The number of hydrogen-bond donors (Lipinski definition) is 0. The van der Waals surface area contributed by atoms with Gasteiger partial charge in [0, 0.05) is 17.0 Å². The molecule has 0 N–H and O–H groups in total. The monoisotopic (exact) mass is 197 g/mol. The smallest absolute Gasteiger partial charge is 0.164 e. The summed E-state index contributed by atoms with van der Waals surface area (Å²) < 4.78 is 0. The van der Waals surface area contributed by atoms with Gasteiger partial charge in [0.05, 0.1) is 6.54 Å². The maximum Gasteiger partial charge on any atom is 0.164 e. The van der Waals surface area contributed by atoms with Crippen LogP contribution >= 0.6 is 11.6 Å². The summed E-state index contributed by atoms with van der Waals surface area (Å²) in [6.45, 7) is 0.0292. The zero-order valence-corrected chi connectivity index (χ0v) is 7.62. The molecule has 0 spiro atoms. The molecule has 1 rings (SSSR count). The summed E-state index contributed by atoms with van der Waals surface area (Å²) in [7, 11) is 0. The van der Waals surface area contributed by atoms with E-state index in [-0.39, 0.29) is 18.7 Å². The summed E-state index contributed by atoms with van der Waals surface area (Å²) >= 11 is 5.64. The van der Waals surface area contributed by atoms with Gasteiger partial charge in [0.25, 0.3) is 0 Å². The van der Waals surface area contributed by atoms with Crippen molar-refractivity contribution < 1.29 is 4.79 Å². The van der Waals surface area contributed by atoms with Crippen LogP contribution < -0.4 is 0 Å². The quantitative estimate of drug-likeness (QED) is 0.550. The number of ketones is 1. The maximum absolute atomic E-state index is 11.3. The van der Waals surface area contributed by atoms with Gasteiger partial charge in [-0.05, 0) is 24.3 Å². The number of nitrogens with zero attached hydrogens (tertiary/aromatic N) is 1. The normalized spacial score (nSPS) is 9.62. The summed E-state index contributed by atoms with van der Waals surface area (Å²) in [6, 6.07) is 6.55. The van der Waals surface area contributed by atoms with Crippen molar-refractivity contribution in [1.29, 1.82) is 0 Å². The van der Waals surface area contributed by atoms with Gasteiger partial charge >= 0.3 is 0 Å². The molecule has 0 aliphatic carbocycles. The molecule has 0 saturated heterocycles. The minimum Gasteiger partial charge on any atom is -0.294 e. The third-order valence-corrected chi connectivity index (χ3v) is 1.85. The van der Waals surface area contributed by atoms with Gasteiger partial charge in [-0.1, -0.05) is 16.8 Å². The van der Waals surface area contributed by atoms with E-state index in [1.807, 2.05) is 0 Å². The van der Waals surface area contributed by atoms with E-state index in [4.69, 9.17) is 11.6 Å². The van der Waals surface area contributed by atoms with Crippen LogP contribution in [0.3, 0.4) is 0 Å². The van der Waals surface area contributed by atoms with Crippen LogP contribution in [0.4, 0.5) is 0 Å². The Labute approximate surface area is 80.7 Å². The molecule has 13 heavy (non-hydrogen) atoms. The summed E-state index contributed by atoms with van der Waals surface area (Å²) in [5.74, 6) is -0.0868. The van der Waals surface area contributed by atoms with Crippen molar-refractivity contribution in [2.45, 2.75) is 6.42 Å². The SMILES string of the molecule is O=NCCC(=O)c1ccc(Cl)cc1.